The van der Waals surface area contributed by atoms with E-state index >= 15 is 0 Å². The third-order valence-corrected chi connectivity index (χ3v) is 2.55. The van der Waals surface area contributed by atoms with Crippen molar-refractivity contribution in [2.24, 2.45) is 0 Å². The van der Waals surface area contributed by atoms with Gasteiger partial charge in [-0.1, -0.05) is 0 Å². The number of hydrogen-bond donors (Lipinski definition) is 2. The molecule has 1 aromatic carbocycles. The molecule has 7 nitrogen and oxygen atoms in total. The van der Waals surface area contributed by atoms with Crippen molar-refractivity contribution in [2.75, 3.05) is 25.2 Å². The lowest BCUT2D eigenvalue weighted by atomic mass is 10.1. The first-order chi connectivity index (χ1) is 8.61. The first kappa shape index (κ1) is 12.3. The predicted molar refractivity (Wildman–Crippen MR) is 68.7 cm³/mol. The van der Waals surface area contributed by atoms with Gasteiger partial charge in [-0.15, -0.1) is 5.10 Å². The average Bonchev–Trinajstić information content (AvgIpc) is 2.76. The van der Waals surface area contributed by atoms with Crippen molar-refractivity contribution in [2.45, 2.75) is 13.0 Å². The summed E-state index contributed by atoms with van der Waals surface area (Å²) in [5.41, 5.74) is 13.5. The first-order valence-corrected chi connectivity index (χ1v) is 5.55. The molecule has 0 amide bonds. The zero-order chi connectivity index (χ0) is 13.1. The maximum absolute atomic E-state index is 5.77. The number of hydrogen-bond acceptors (Lipinski definition) is 6. The normalized spacial score (nSPS) is 12.6. The molecule has 96 valence electrons. The number of benzene rings is 1. The van der Waals surface area contributed by atoms with Gasteiger partial charge in [0.25, 0.3) is 0 Å². The standard InChI is InChI=1S/C11H16N6O/c1-7(6-18-2)17-11(14-15-16-17)8-3-9(12)5-10(13)4-8/h3-5,7H,6,12-13H2,1-2H3. The number of methoxy groups -OCH3 is 1. The summed E-state index contributed by atoms with van der Waals surface area (Å²) in [5, 5.41) is 11.7. The number of aromatic nitrogens is 4. The minimum Gasteiger partial charge on any atom is -0.399 e. The van der Waals surface area contributed by atoms with Crippen LogP contribution < -0.4 is 11.5 Å². The van der Waals surface area contributed by atoms with Crippen LogP contribution in [0.4, 0.5) is 11.4 Å². The molecule has 0 saturated carbocycles. The van der Waals surface area contributed by atoms with Crippen LogP contribution in [0.25, 0.3) is 11.4 Å². The molecule has 0 aliphatic heterocycles. The highest BCUT2D eigenvalue weighted by molar-refractivity contribution is 5.67. The van der Waals surface area contributed by atoms with E-state index in [1.165, 1.54) is 0 Å². The Kier molecular flexibility index (Phi) is 3.42. The molecule has 0 aliphatic carbocycles. The molecule has 1 aromatic heterocycles. The molecule has 0 aliphatic rings. The zero-order valence-corrected chi connectivity index (χ0v) is 10.4. The minimum atomic E-state index is 0.0302. The molecule has 0 spiro atoms. The fourth-order valence-electron chi connectivity index (χ4n) is 1.80. The quantitative estimate of drug-likeness (QED) is 0.772. The lowest BCUT2D eigenvalue weighted by Crippen LogP contribution is -2.14. The molecule has 4 N–H and O–H groups in total. The second-order valence-electron chi connectivity index (χ2n) is 4.14. The topological polar surface area (TPSA) is 105 Å². The van der Waals surface area contributed by atoms with Gasteiger partial charge in [-0.25, -0.2) is 4.68 Å². The lowest BCUT2D eigenvalue weighted by Gasteiger charge is -2.12. The third kappa shape index (κ3) is 2.40. The van der Waals surface area contributed by atoms with Crippen molar-refractivity contribution < 1.29 is 4.74 Å². The summed E-state index contributed by atoms with van der Waals surface area (Å²) in [4.78, 5) is 0. The van der Waals surface area contributed by atoms with E-state index in [2.05, 4.69) is 15.5 Å². The Morgan fingerprint density at radius 3 is 2.56 bits per heavy atom. The van der Waals surface area contributed by atoms with E-state index in [4.69, 9.17) is 16.2 Å². The molecule has 1 atom stereocenters. The third-order valence-electron chi connectivity index (χ3n) is 2.55. The Labute approximate surface area is 105 Å². The van der Waals surface area contributed by atoms with Gasteiger partial charge >= 0.3 is 0 Å². The molecule has 1 unspecified atom stereocenters. The molecule has 2 aromatic rings. The van der Waals surface area contributed by atoms with Crippen LogP contribution in [0.15, 0.2) is 18.2 Å². The van der Waals surface area contributed by atoms with Gasteiger partial charge in [0.15, 0.2) is 5.82 Å². The second-order valence-corrected chi connectivity index (χ2v) is 4.14. The Balaban J connectivity index is 2.42. The monoisotopic (exact) mass is 248 g/mol. The van der Waals surface area contributed by atoms with Gasteiger partial charge in [-0.05, 0) is 35.5 Å². The number of ether oxygens (including phenoxy) is 1. The maximum atomic E-state index is 5.77. The van der Waals surface area contributed by atoms with Crippen molar-refractivity contribution in [1.82, 2.24) is 20.2 Å². The van der Waals surface area contributed by atoms with E-state index in [1.807, 2.05) is 6.92 Å². The van der Waals surface area contributed by atoms with Crippen LogP contribution >= 0.6 is 0 Å². The highest BCUT2D eigenvalue weighted by Gasteiger charge is 2.15. The summed E-state index contributed by atoms with van der Waals surface area (Å²) >= 11 is 0. The van der Waals surface area contributed by atoms with Gasteiger partial charge in [-0.2, -0.15) is 0 Å². The Morgan fingerprint density at radius 2 is 1.94 bits per heavy atom. The summed E-state index contributed by atoms with van der Waals surface area (Å²) in [7, 11) is 1.64. The largest absolute Gasteiger partial charge is 0.399 e. The number of nitrogens with two attached hydrogens (primary N) is 2. The lowest BCUT2D eigenvalue weighted by molar-refractivity contribution is 0.156. The highest BCUT2D eigenvalue weighted by atomic mass is 16.5. The van der Waals surface area contributed by atoms with Crippen LogP contribution in [0.2, 0.25) is 0 Å². The van der Waals surface area contributed by atoms with E-state index in [0.717, 1.165) is 5.56 Å². The summed E-state index contributed by atoms with van der Waals surface area (Å²) in [6, 6.07) is 5.30. The fourth-order valence-corrected chi connectivity index (χ4v) is 1.80. The summed E-state index contributed by atoms with van der Waals surface area (Å²) < 4.78 is 6.79. The smallest absolute Gasteiger partial charge is 0.182 e. The summed E-state index contributed by atoms with van der Waals surface area (Å²) in [5.74, 6) is 0.624. The Bertz CT molecular complexity index is 518. The number of anilines is 2. The van der Waals surface area contributed by atoms with Gasteiger partial charge in [-0.3, -0.25) is 0 Å². The predicted octanol–water partition coefficient (Wildman–Crippen LogP) is 0.712. The molecule has 18 heavy (non-hydrogen) atoms. The SMILES string of the molecule is COCC(C)n1nnnc1-c1cc(N)cc(N)c1. The van der Waals surface area contributed by atoms with Crippen LogP contribution in [-0.2, 0) is 4.74 Å². The van der Waals surface area contributed by atoms with Gasteiger partial charge in [0.1, 0.15) is 0 Å². The number of nitrogen functional groups attached to an aromatic ring is 2. The first-order valence-electron chi connectivity index (χ1n) is 5.55. The van der Waals surface area contributed by atoms with Gasteiger partial charge in [0.05, 0.1) is 12.6 Å². The number of nitrogens with zero attached hydrogens (tertiary/aromatic N) is 4. The van der Waals surface area contributed by atoms with Crippen LogP contribution in [0.3, 0.4) is 0 Å². The van der Waals surface area contributed by atoms with Gasteiger partial charge in [0, 0.05) is 24.0 Å². The van der Waals surface area contributed by atoms with Crippen LogP contribution in [0.1, 0.15) is 13.0 Å². The molecule has 0 fully saturated rings. The fraction of sp³-hybridized carbons (Fsp3) is 0.364. The molecular weight excluding hydrogens is 232 g/mol. The molecular formula is C11H16N6O. The molecule has 1 heterocycles. The van der Waals surface area contributed by atoms with Crippen LogP contribution in [0, 0.1) is 0 Å². The Morgan fingerprint density at radius 1 is 1.28 bits per heavy atom. The van der Waals surface area contributed by atoms with Gasteiger partial charge in [0.2, 0.25) is 0 Å². The maximum Gasteiger partial charge on any atom is 0.182 e. The second kappa shape index (κ2) is 5.01. The summed E-state index contributed by atoms with van der Waals surface area (Å²) in [6.07, 6.45) is 0. The molecule has 7 heteroatoms. The van der Waals surface area contributed by atoms with E-state index in [1.54, 1.807) is 30.0 Å². The average molecular weight is 248 g/mol. The van der Waals surface area contributed by atoms with Crippen LogP contribution in [-0.4, -0.2) is 33.9 Å². The molecule has 0 bridgehead atoms. The van der Waals surface area contributed by atoms with E-state index in [9.17, 15) is 0 Å². The van der Waals surface area contributed by atoms with Crippen molar-refractivity contribution in [1.29, 1.82) is 0 Å². The van der Waals surface area contributed by atoms with Crippen LogP contribution in [0.5, 0.6) is 0 Å². The van der Waals surface area contributed by atoms with E-state index < -0.39 is 0 Å². The number of rotatable bonds is 4. The molecule has 2 rings (SSSR count). The minimum absolute atomic E-state index is 0.0302. The van der Waals surface area contributed by atoms with E-state index in [-0.39, 0.29) is 6.04 Å². The highest BCUT2D eigenvalue weighted by Crippen LogP contribution is 2.24. The zero-order valence-electron chi connectivity index (χ0n) is 10.4. The van der Waals surface area contributed by atoms with Gasteiger partial charge < -0.3 is 16.2 Å². The van der Waals surface area contributed by atoms with Crippen molar-refractivity contribution >= 4 is 11.4 Å². The van der Waals surface area contributed by atoms with Crippen molar-refractivity contribution in [3.8, 4) is 11.4 Å². The van der Waals surface area contributed by atoms with E-state index in [0.29, 0.717) is 23.8 Å². The van der Waals surface area contributed by atoms with Crippen molar-refractivity contribution in [3.63, 3.8) is 0 Å². The Hall–Kier alpha value is -2.15. The summed E-state index contributed by atoms with van der Waals surface area (Å²) in [6.45, 7) is 2.49. The number of tetrazole rings is 1. The molecule has 0 saturated heterocycles. The van der Waals surface area contributed by atoms with Crippen molar-refractivity contribution in [3.05, 3.63) is 18.2 Å². The molecule has 0 radical (unpaired) electrons.